The van der Waals surface area contributed by atoms with E-state index in [1.165, 1.54) is 4.90 Å². The van der Waals surface area contributed by atoms with E-state index in [9.17, 15) is 4.79 Å². The molecule has 19 heavy (non-hydrogen) atoms. The zero-order chi connectivity index (χ0) is 13.2. The van der Waals surface area contributed by atoms with Gasteiger partial charge in [-0.3, -0.25) is 4.79 Å². The Morgan fingerprint density at radius 1 is 1.05 bits per heavy atom. The van der Waals surface area contributed by atoms with E-state index in [4.69, 9.17) is 0 Å². The lowest BCUT2D eigenvalue weighted by molar-refractivity contribution is -0.104. The normalized spacial score (nSPS) is 17.5. The van der Waals surface area contributed by atoms with Crippen LogP contribution in [0.5, 0.6) is 0 Å². The maximum atomic E-state index is 11.3. The molecule has 0 saturated heterocycles. The Morgan fingerprint density at radius 2 is 1.79 bits per heavy atom. The van der Waals surface area contributed by atoms with Gasteiger partial charge in [-0.1, -0.05) is 46.3 Å². The number of rotatable bonds is 2. The standard InChI is InChI=1S/C16H11BrOS/c17-14-7-5-11(6-8-14)16-13(10-18)9-12-3-1-2-4-15(12)19-16/h1-10,16H/t16-/m1/s1. The van der Waals surface area contributed by atoms with Crippen molar-refractivity contribution in [3.8, 4) is 0 Å². The summed E-state index contributed by atoms with van der Waals surface area (Å²) in [6.07, 6.45) is 2.96. The summed E-state index contributed by atoms with van der Waals surface area (Å²) < 4.78 is 1.05. The number of carbonyl (C=O) groups is 1. The number of hydrogen-bond acceptors (Lipinski definition) is 2. The molecular weight excluding hydrogens is 320 g/mol. The molecule has 0 N–H and O–H groups in total. The molecule has 1 aliphatic rings. The topological polar surface area (TPSA) is 17.1 Å². The van der Waals surface area contributed by atoms with E-state index in [2.05, 4.69) is 34.1 Å². The fourth-order valence-electron chi connectivity index (χ4n) is 2.15. The van der Waals surface area contributed by atoms with Crippen LogP contribution in [0, 0.1) is 0 Å². The summed E-state index contributed by atoms with van der Waals surface area (Å²) in [4.78, 5) is 12.6. The molecule has 1 aliphatic heterocycles. The van der Waals surface area contributed by atoms with E-state index in [1.807, 2.05) is 36.4 Å². The first-order valence-electron chi connectivity index (χ1n) is 5.96. The zero-order valence-corrected chi connectivity index (χ0v) is 12.4. The highest BCUT2D eigenvalue weighted by molar-refractivity contribution is 9.10. The molecule has 0 spiro atoms. The van der Waals surface area contributed by atoms with Crippen LogP contribution in [0.25, 0.3) is 6.08 Å². The molecule has 0 amide bonds. The second kappa shape index (κ2) is 5.35. The second-order valence-electron chi connectivity index (χ2n) is 4.35. The van der Waals surface area contributed by atoms with Gasteiger partial charge in [0.1, 0.15) is 6.29 Å². The van der Waals surface area contributed by atoms with E-state index in [0.29, 0.717) is 0 Å². The maximum Gasteiger partial charge on any atom is 0.147 e. The first-order chi connectivity index (χ1) is 9.28. The molecule has 0 saturated carbocycles. The molecule has 94 valence electrons. The minimum Gasteiger partial charge on any atom is -0.298 e. The second-order valence-corrected chi connectivity index (χ2v) is 6.41. The third-order valence-corrected chi connectivity index (χ3v) is 5.03. The predicted octanol–water partition coefficient (Wildman–Crippen LogP) is 4.88. The van der Waals surface area contributed by atoms with Crippen LogP contribution < -0.4 is 0 Å². The van der Waals surface area contributed by atoms with Gasteiger partial charge in [0.05, 0.1) is 5.25 Å². The van der Waals surface area contributed by atoms with Crippen molar-refractivity contribution in [2.24, 2.45) is 0 Å². The number of aldehydes is 1. The predicted molar refractivity (Wildman–Crippen MR) is 83.2 cm³/mol. The minimum absolute atomic E-state index is 0.0838. The average molecular weight is 331 g/mol. The van der Waals surface area contributed by atoms with Crippen molar-refractivity contribution >= 4 is 40.1 Å². The number of thioether (sulfide) groups is 1. The van der Waals surface area contributed by atoms with Gasteiger partial charge in [0.2, 0.25) is 0 Å². The first kappa shape index (κ1) is 12.7. The van der Waals surface area contributed by atoms with Gasteiger partial charge in [0, 0.05) is 14.9 Å². The molecule has 0 bridgehead atoms. The molecule has 1 nitrogen and oxygen atoms in total. The van der Waals surface area contributed by atoms with Crippen LogP contribution in [0.1, 0.15) is 16.4 Å². The van der Waals surface area contributed by atoms with Crippen molar-refractivity contribution in [2.75, 3.05) is 0 Å². The maximum absolute atomic E-state index is 11.3. The SMILES string of the molecule is O=CC1=Cc2ccccc2S[C@@H]1c1ccc(Br)cc1. The molecule has 0 aromatic heterocycles. The van der Waals surface area contributed by atoms with Crippen molar-refractivity contribution in [3.63, 3.8) is 0 Å². The minimum atomic E-state index is 0.0838. The Balaban J connectivity index is 2.04. The third-order valence-electron chi connectivity index (χ3n) is 3.10. The number of halogens is 1. The van der Waals surface area contributed by atoms with Crippen LogP contribution in [-0.4, -0.2) is 6.29 Å². The zero-order valence-electron chi connectivity index (χ0n) is 10.0. The van der Waals surface area contributed by atoms with Crippen molar-refractivity contribution in [2.45, 2.75) is 10.1 Å². The molecule has 1 atom stereocenters. The van der Waals surface area contributed by atoms with Crippen molar-refractivity contribution in [1.82, 2.24) is 0 Å². The number of benzene rings is 2. The Hall–Kier alpha value is -1.32. The summed E-state index contributed by atoms with van der Waals surface area (Å²) in [5.74, 6) is 0. The smallest absolute Gasteiger partial charge is 0.147 e. The number of hydrogen-bond donors (Lipinski definition) is 0. The average Bonchev–Trinajstić information content (AvgIpc) is 2.46. The fourth-order valence-corrected chi connectivity index (χ4v) is 3.64. The Morgan fingerprint density at radius 3 is 2.53 bits per heavy atom. The van der Waals surface area contributed by atoms with Gasteiger partial charge in [-0.2, -0.15) is 0 Å². The van der Waals surface area contributed by atoms with Crippen LogP contribution in [-0.2, 0) is 4.79 Å². The summed E-state index contributed by atoms with van der Waals surface area (Å²) in [7, 11) is 0. The fraction of sp³-hybridized carbons (Fsp3) is 0.0625. The largest absolute Gasteiger partial charge is 0.298 e. The molecule has 0 fully saturated rings. The molecule has 0 unspecified atom stereocenters. The van der Waals surface area contributed by atoms with Gasteiger partial charge in [0.25, 0.3) is 0 Å². The van der Waals surface area contributed by atoms with Gasteiger partial charge >= 0.3 is 0 Å². The van der Waals surface area contributed by atoms with Crippen LogP contribution in [0.3, 0.4) is 0 Å². The van der Waals surface area contributed by atoms with Gasteiger partial charge in [-0.25, -0.2) is 0 Å². The van der Waals surface area contributed by atoms with Crippen LogP contribution in [0.2, 0.25) is 0 Å². The molecule has 3 rings (SSSR count). The number of fused-ring (bicyclic) bond motifs is 1. The van der Waals surface area contributed by atoms with Crippen molar-refractivity contribution in [1.29, 1.82) is 0 Å². The molecule has 3 heteroatoms. The summed E-state index contributed by atoms with van der Waals surface area (Å²) in [5, 5.41) is 0.0838. The first-order valence-corrected chi connectivity index (χ1v) is 7.63. The van der Waals surface area contributed by atoms with Crippen LogP contribution >= 0.6 is 27.7 Å². The summed E-state index contributed by atoms with van der Waals surface area (Å²) >= 11 is 5.17. The summed E-state index contributed by atoms with van der Waals surface area (Å²) in [5.41, 5.74) is 3.11. The van der Waals surface area contributed by atoms with Gasteiger partial charge in [-0.15, -0.1) is 11.8 Å². The Kier molecular flexibility index (Phi) is 3.58. The molecule has 0 radical (unpaired) electrons. The molecule has 0 aliphatic carbocycles. The lowest BCUT2D eigenvalue weighted by atomic mass is 10.0. The molecule has 2 aromatic rings. The van der Waals surface area contributed by atoms with Crippen LogP contribution in [0.4, 0.5) is 0 Å². The van der Waals surface area contributed by atoms with Gasteiger partial charge in [0.15, 0.2) is 0 Å². The highest BCUT2D eigenvalue weighted by Gasteiger charge is 2.23. The molecule has 1 heterocycles. The summed E-state index contributed by atoms with van der Waals surface area (Å²) in [6, 6.07) is 16.3. The lowest BCUT2D eigenvalue weighted by Crippen LogP contribution is -2.04. The van der Waals surface area contributed by atoms with Crippen LogP contribution in [0.15, 0.2) is 63.5 Å². The van der Waals surface area contributed by atoms with Gasteiger partial charge in [-0.05, 0) is 35.4 Å². The quantitative estimate of drug-likeness (QED) is 0.730. The van der Waals surface area contributed by atoms with Crippen molar-refractivity contribution < 1.29 is 4.79 Å². The van der Waals surface area contributed by atoms with E-state index >= 15 is 0 Å². The van der Waals surface area contributed by atoms with E-state index < -0.39 is 0 Å². The molecular formula is C16H11BrOS. The van der Waals surface area contributed by atoms with E-state index in [1.54, 1.807) is 11.8 Å². The molecule has 2 aromatic carbocycles. The summed E-state index contributed by atoms with van der Waals surface area (Å²) in [6.45, 7) is 0. The van der Waals surface area contributed by atoms with E-state index in [0.717, 1.165) is 27.5 Å². The third kappa shape index (κ3) is 2.53. The van der Waals surface area contributed by atoms with E-state index in [-0.39, 0.29) is 5.25 Å². The Labute approximate surface area is 124 Å². The lowest BCUT2D eigenvalue weighted by Gasteiger charge is -2.23. The Bertz CT molecular complexity index is 646. The highest BCUT2D eigenvalue weighted by Crippen LogP contribution is 2.46. The monoisotopic (exact) mass is 330 g/mol. The van der Waals surface area contributed by atoms with Gasteiger partial charge < -0.3 is 0 Å². The highest BCUT2D eigenvalue weighted by atomic mass is 79.9. The van der Waals surface area contributed by atoms with Crippen molar-refractivity contribution in [3.05, 3.63) is 69.7 Å². The number of carbonyl (C=O) groups excluding carboxylic acids is 1.